The maximum atomic E-state index is 12.6. The molecule has 1 atom stereocenters. The Kier molecular flexibility index (Phi) is 4.88. The zero-order chi connectivity index (χ0) is 15.2. The second-order valence-corrected chi connectivity index (χ2v) is 5.21. The zero-order valence-electron chi connectivity index (χ0n) is 12.3. The van der Waals surface area contributed by atoms with Gasteiger partial charge in [0.25, 0.3) is 0 Å². The standard InChI is InChI=1S/C18H19NO2/c1-19(2)18(21)16(13-14-9-5-3-6-10-14)17(20)15-11-7-4-8-12-15/h3-12,16H,13H2,1-2H3. The molecule has 2 rings (SSSR count). The topological polar surface area (TPSA) is 37.4 Å². The number of hydrogen-bond acceptors (Lipinski definition) is 2. The molecule has 2 aromatic carbocycles. The summed E-state index contributed by atoms with van der Waals surface area (Å²) in [5, 5.41) is 0. The van der Waals surface area contributed by atoms with E-state index in [9.17, 15) is 9.59 Å². The summed E-state index contributed by atoms with van der Waals surface area (Å²) < 4.78 is 0. The second kappa shape index (κ2) is 6.84. The average Bonchev–Trinajstić information content (AvgIpc) is 2.53. The van der Waals surface area contributed by atoms with Gasteiger partial charge >= 0.3 is 0 Å². The van der Waals surface area contributed by atoms with Crippen LogP contribution in [-0.4, -0.2) is 30.7 Å². The largest absolute Gasteiger partial charge is 0.348 e. The van der Waals surface area contributed by atoms with Crippen LogP contribution in [0.15, 0.2) is 60.7 Å². The summed E-state index contributed by atoms with van der Waals surface area (Å²) in [4.78, 5) is 26.5. The molecule has 0 radical (unpaired) electrons. The van der Waals surface area contributed by atoms with Gasteiger partial charge in [0.1, 0.15) is 5.92 Å². The number of rotatable bonds is 5. The molecule has 0 N–H and O–H groups in total. The summed E-state index contributed by atoms with van der Waals surface area (Å²) in [7, 11) is 3.36. The van der Waals surface area contributed by atoms with E-state index in [1.165, 1.54) is 4.90 Å². The van der Waals surface area contributed by atoms with Crippen LogP contribution in [0.3, 0.4) is 0 Å². The average molecular weight is 281 g/mol. The minimum Gasteiger partial charge on any atom is -0.348 e. The minimum atomic E-state index is -0.676. The lowest BCUT2D eigenvalue weighted by molar-refractivity contribution is -0.131. The van der Waals surface area contributed by atoms with Crippen LogP contribution in [-0.2, 0) is 11.2 Å². The fraction of sp³-hybridized carbons (Fsp3) is 0.222. The van der Waals surface area contributed by atoms with E-state index in [1.54, 1.807) is 26.2 Å². The Morgan fingerprint density at radius 3 is 1.95 bits per heavy atom. The van der Waals surface area contributed by atoms with Crippen molar-refractivity contribution in [2.75, 3.05) is 14.1 Å². The fourth-order valence-corrected chi connectivity index (χ4v) is 2.26. The highest BCUT2D eigenvalue weighted by molar-refractivity contribution is 6.10. The number of amides is 1. The van der Waals surface area contributed by atoms with Gasteiger partial charge in [-0.1, -0.05) is 60.7 Å². The molecule has 0 bridgehead atoms. The van der Waals surface area contributed by atoms with Crippen molar-refractivity contribution in [2.45, 2.75) is 6.42 Å². The third-order valence-electron chi connectivity index (χ3n) is 3.40. The van der Waals surface area contributed by atoms with E-state index in [4.69, 9.17) is 0 Å². The van der Waals surface area contributed by atoms with Crippen molar-refractivity contribution in [3.05, 3.63) is 71.8 Å². The molecule has 0 saturated carbocycles. The van der Waals surface area contributed by atoms with E-state index in [1.807, 2.05) is 48.5 Å². The molecule has 0 aromatic heterocycles. The van der Waals surface area contributed by atoms with Gasteiger partial charge in [-0.25, -0.2) is 0 Å². The molecule has 108 valence electrons. The molecule has 0 spiro atoms. The Balaban J connectivity index is 2.28. The Morgan fingerprint density at radius 2 is 1.43 bits per heavy atom. The van der Waals surface area contributed by atoms with Gasteiger partial charge < -0.3 is 4.90 Å². The van der Waals surface area contributed by atoms with Crippen molar-refractivity contribution >= 4 is 11.7 Å². The first-order valence-electron chi connectivity index (χ1n) is 6.94. The first-order chi connectivity index (χ1) is 10.1. The Morgan fingerprint density at radius 1 is 0.905 bits per heavy atom. The summed E-state index contributed by atoms with van der Waals surface area (Å²) in [6.07, 6.45) is 0.422. The number of nitrogens with zero attached hydrogens (tertiary/aromatic N) is 1. The van der Waals surface area contributed by atoms with Crippen LogP contribution in [0.2, 0.25) is 0 Å². The van der Waals surface area contributed by atoms with Gasteiger partial charge in [-0.05, 0) is 12.0 Å². The van der Waals surface area contributed by atoms with Crippen LogP contribution in [0.1, 0.15) is 15.9 Å². The smallest absolute Gasteiger partial charge is 0.233 e. The molecule has 1 amide bonds. The van der Waals surface area contributed by atoms with E-state index in [2.05, 4.69) is 0 Å². The van der Waals surface area contributed by atoms with Crippen LogP contribution in [0.4, 0.5) is 0 Å². The number of carbonyl (C=O) groups is 2. The van der Waals surface area contributed by atoms with Gasteiger partial charge in [0.2, 0.25) is 5.91 Å². The maximum absolute atomic E-state index is 12.6. The number of carbonyl (C=O) groups excluding carboxylic acids is 2. The second-order valence-electron chi connectivity index (χ2n) is 5.21. The molecule has 0 aliphatic rings. The fourth-order valence-electron chi connectivity index (χ4n) is 2.26. The number of Topliss-reactive ketones (excluding diaryl/α,β-unsaturated/α-hetero) is 1. The van der Waals surface area contributed by atoms with E-state index in [0.717, 1.165) is 5.56 Å². The molecule has 3 nitrogen and oxygen atoms in total. The number of hydrogen-bond donors (Lipinski definition) is 0. The molecule has 0 aliphatic heterocycles. The molecular weight excluding hydrogens is 262 g/mol. The van der Waals surface area contributed by atoms with Crippen molar-refractivity contribution in [1.29, 1.82) is 0 Å². The van der Waals surface area contributed by atoms with Crippen LogP contribution >= 0.6 is 0 Å². The Labute approximate surface area is 125 Å². The lowest BCUT2D eigenvalue weighted by Crippen LogP contribution is -2.36. The molecule has 21 heavy (non-hydrogen) atoms. The van der Waals surface area contributed by atoms with Crippen molar-refractivity contribution in [3.8, 4) is 0 Å². The summed E-state index contributed by atoms with van der Waals surface area (Å²) >= 11 is 0. The number of benzene rings is 2. The highest BCUT2D eigenvalue weighted by Crippen LogP contribution is 2.17. The van der Waals surface area contributed by atoms with Gasteiger partial charge in [-0.3, -0.25) is 9.59 Å². The predicted molar refractivity (Wildman–Crippen MR) is 83.1 cm³/mol. The van der Waals surface area contributed by atoms with Crippen LogP contribution in [0, 0.1) is 5.92 Å². The first-order valence-corrected chi connectivity index (χ1v) is 6.94. The monoisotopic (exact) mass is 281 g/mol. The molecule has 0 heterocycles. The van der Waals surface area contributed by atoms with Crippen LogP contribution < -0.4 is 0 Å². The van der Waals surface area contributed by atoms with Gasteiger partial charge in [-0.2, -0.15) is 0 Å². The molecule has 2 aromatic rings. The lowest BCUT2D eigenvalue weighted by Gasteiger charge is -2.19. The summed E-state index contributed by atoms with van der Waals surface area (Å²) in [6.45, 7) is 0. The summed E-state index contributed by atoms with van der Waals surface area (Å²) in [5.41, 5.74) is 1.57. The van der Waals surface area contributed by atoms with Crippen molar-refractivity contribution < 1.29 is 9.59 Å². The molecule has 3 heteroatoms. The van der Waals surface area contributed by atoms with E-state index < -0.39 is 5.92 Å². The van der Waals surface area contributed by atoms with Crippen molar-refractivity contribution in [2.24, 2.45) is 5.92 Å². The summed E-state index contributed by atoms with van der Waals surface area (Å²) in [5.74, 6) is -0.962. The van der Waals surface area contributed by atoms with Gasteiger partial charge in [-0.15, -0.1) is 0 Å². The highest BCUT2D eigenvalue weighted by atomic mass is 16.2. The molecule has 1 unspecified atom stereocenters. The predicted octanol–water partition coefficient (Wildman–Crippen LogP) is 2.82. The normalized spacial score (nSPS) is 11.7. The van der Waals surface area contributed by atoms with Gasteiger partial charge in [0.15, 0.2) is 5.78 Å². The van der Waals surface area contributed by atoms with Crippen molar-refractivity contribution in [1.82, 2.24) is 4.90 Å². The van der Waals surface area contributed by atoms with Gasteiger partial charge in [0.05, 0.1) is 0 Å². The van der Waals surface area contributed by atoms with Crippen LogP contribution in [0.5, 0.6) is 0 Å². The molecule has 0 saturated heterocycles. The Hall–Kier alpha value is -2.42. The van der Waals surface area contributed by atoms with Crippen LogP contribution in [0.25, 0.3) is 0 Å². The van der Waals surface area contributed by atoms with E-state index in [-0.39, 0.29) is 11.7 Å². The maximum Gasteiger partial charge on any atom is 0.233 e. The van der Waals surface area contributed by atoms with E-state index in [0.29, 0.717) is 12.0 Å². The summed E-state index contributed by atoms with van der Waals surface area (Å²) in [6, 6.07) is 18.6. The SMILES string of the molecule is CN(C)C(=O)C(Cc1ccccc1)C(=O)c1ccccc1. The number of ketones is 1. The lowest BCUT2D eigenvalue weighted by atomic mass is 9.90. The Bertz CT molecular complexity index is 606. The van der Waals surface area contributed by atoms with E-state index >= 15 is 0 Å². The van der Waals surface area contributed by atoms with Gasteiger partial charge in [0, 0.05) is 19.7 Å². The quantitative estimate of drug-likeness (QED) is 0.624. The highest BCUT2D eigenvalue weighted by Gasteiger charge is 2.28. The molecule has 0 fully saturated rings. The van der Waals surface area contributed by atoms with Crippen molar-refractivity contribution in [3.63, 3.8) is 0 Å². The third-order valence-corrected chi connectivity index (χ3v) is 3.40. The zero-order valence-corrected chi connectivity index (χ0v) is 12.3. The third kappa shape index (κ3) is 3.78. The first kappa shape index (κ1) is 15.0. The molecule has 0 aliphatic carbocycles. The molecular formula is C18H19NO2. The minimum absolute atomic E-state index is 0.127.